The summed E-state index contributed by atoms with van der Waals surface area (Å²) in [5.41, 5.74) is 2.44. The summed E-state index contributed by atoms with van der Waals surface area (Å²) in [5.74, 6) is 1.07. The van der Waals surface area contributed by atoms with Crippen LogP contribution in [-0.4, -0.2) is 15.6 Å². The lowest BCUT2D eigenvalue weighted by atomic mass is 10.3. The SMILES string of the molecule is C=C(C)Cn1c(CNC2CC2)cnc1C. The predicted molar refractivity (Wildman–Crippen MR) is 61.6 cm³/mol. The van der Waals surface area contributed by atoms with E-state index in [4.69, 9.17) is 0 Å². The Morgan fingerprint density at radius 1 is 1.67 bits per heavy atom. The molecule has 1 aromatic rings. The van der Waals surface area contributed by atoms with Crippen LogP contribution in [-0.2, 0) is 13.1 Å². The molecule has 0 aromatic carbocycles. The number of aryl methyl sites for hydroxylation is 1. The normalized spacial score (nSPS) is 15.6. The summed E-state index contributed by atoms with van der Waals surface area (Å²) in [7, 11) is 0. The standard InChI is InChI=1S/C12H19N3/c1-9(2)8-15-10(3)13-6-12(15)7-14-11-4-5-11/h6,11,14H,1,4-5,7-8H2,2-3H3. The van der Waals surface area contributed by atoms with Crippen molar-refractivity contribution in [2.45, 2.75) is 45.8 Å². The van der Waals surface area contributed by atoms with Gasteiger partial charge in [0.05, 0.1) is 5.69 Å². The minimum absolute atomic E-state index is 0.749. The van der Waals surface area contributed by atoms with Crippen molar-refractivity contribution in [1.29, 1.82) is 0 Å². The minimum atomic E-state index is 0.749. The molecule has 1 saturated carbocycles. The molecule has 3 nitrogen and oxygen atoms in total. The zero-order valence-corrected chi connectivity index (χ0v) is 9.58. The smallest absolute Gasteiger partial charge is 0.106 e. The van der Waals surface area contributed by atoms with Gasteiger partial charge in [-0.2, -0.15) is 0 Å². The van der Waals surface area contributed by atoms with Crippen LogP contribution in [0.15, 0.2) is 18.3 Å². The van der Waals surface area contributed by atoms with Crippen LogP contribution >= 0.6 is 0 Å². The van der Waals surface area contributed by atoms with Gasteiger partial charge >= 0.3 is 0 Å². The summed E-state index contributed by atoms with van der Waals surface area (Å²) in [6.45, 7) is 9.86. The quantitative estimate of drug-likeness (QED) is 0.745. The van der Waals surface area contributed by atoms with Gasteiger partial charge in [0.1, 0.15) is 5.82 Å². The summed E-state index contributed by atoms with van der Waals surface area (Å²) in [5, 5.41) is 3.51. The molecule has 3 heteroatoms. The maximum absolute atomic E-state index is 4.35. The van der Waals surface area contributed by atoms with Gasteiger partial charge in [0.25, 0.3) is 0 Å². The van der Waals surface area contributed by atoms with Crippen molar-refractivity contribution in [2.24, 2.45) is 0 Å². The predicted octanol–water partition coefficient (Wildman–Crippen LogP) is 2.02. The van der Waals surface area contributed by atoms with Gasteiger partial charge in [0, 0.05) is 25.3 Å². The highest BCUT2D eigenvalue weighted by Gasteiger charge is 2.20. The molecule has 0 spiro atoms. The Balaban J connectivity index is 2.03. The lowest BCUT2D eigenvalue weighted by molar-refractivity contribution is 0.624. The van der Waals surface area contributed by atoms with E-state index in [0.717, 1.165) is 25.0 Å². The first kappa shape index (κ1) is 10.4. The van der Waals surface area contributed by atoms with Gasteiger partial charge in [-0.25, -0.2) is 4.98 Å². The average Bonchev–Trinajstić information content (AvgIpc) is 2.93. The number of imidazole rings is 1. The zero-order chi connectivity index (χ0) is 10.8. The van der Waals surface area contributed by atoms with Gasteiger partial charge in [0.15, 0.2) is 0 Å². The van der Waals surface area contributed by atoms with Crippen molar-refractivity contribution in [3.05, 3.63) is 29.9 Å². The largest absolute Gasteiger partial charge is 0.327 e. The zero-order valence-electron chi connectivity index (χ0n) is 9.58. The summed E-state index contributed by atoms with van der Waals surface area (Å²) < 4.78 is 2.23. The van der Waals surface area contributed by atoms with Crippen LogP contribution in [0.1, 0.15) is 31.3 Å². The molecule has 2 rings (SSSR count). The van der Waals surface area contributed by atoms with Crippen LogP contribution in [0.2, 0.25) is 0 Å². The fourth-order valence-electron chi connectivity index (χ4n) is 1.68. The van der Waals surface area contributed by atoms with E-state index >= 15 is 0 Å². The molecule has 1 aliphatic rings. The monoisotopic (exact) mass is 205 g/mol. The van der Waals surface area contributed by atoms with E-state index in [1.54, 1.807) is 0 Å². The van der Waals surface area contributed by atoms with E-state index in [2.05, 4.69) is 28.4 Å². The van der Waals surface area contributed by atoms with Crippen molar-refractivity contribution >= 4 is 0 Å². The van der Waals surface area contributed by atoms with Crippen LogP contribution in [0.5, 0.6) is 0 Å². The van der Waals surface area contributed by atoms with Gasteiger partial charge in [-0.05, 0) is 26.7 Å². The number of allylic oxidation sites excluding steroid dienone is 1. The number of hydrogen-bond donors (Lipinski definition) is 1. The molecule has 82 valence electrons. The number of rotatable bonds is 5. The van der Waals surface area contributed by atoms with E-state index in [1.165, 1.54) is 24.1 Å². The molecule has 1 aliphatic carbocycles. The van der Waals surface area contributed by atoms with Crippen molar-refractivity contribution in [3.63, 3.8) is 0 Å². The molecular weight excluding hydrogens is 186 g/mol. The number of aromatic nitrogens is 2. The lowest BCUT2D eigenvalue weighted by Crippen LogP contribution is -2.18. The maximum atomic E-state index is 4.35. The highest BCUT2D eigenvalue weighted by molar-refractivity contribution is 5.08. The second kappa shape index (κ2) is 4.19. The number of nitrogens with zero attached hydrogens (tertiary/aromatic N) is 2. The van der Waals surface area contributed by atoms with Crippen LogP contribution in [0.25, 0.3) is 0 Å². The fourth-order valence-corrected chi connectivity index (χ4v) is 1.68. The molecule has 15 heavy (non-hydrogen) atoms. The molecule has 0 amide bonds. The molecule has 1 fully saturated rings. The average molecular weight is 205 g/mol. The van der Waals surface area contributed by atoms with Gasteiger partial charge in [-0.1, -0.05) is 12.2 Å². The Bertz CT molecular complexity index is 361. The molecule has 0 unspecified atom stereocenters. The Labute approximate surface area is 91.2 Å². The Morgan fingerprint density at radius 2 is 2.40 bits per heavy atom. The molecule has 1 heterocycles. The highest BCUT2D eigenvalue weighted by Crippen LogP contribution is 2.19. The summed E-state index contributed by atoms with van der Waals surface area (Å²) in [6.07, 6.45) is 4.62. The molecule has 1 aromatic heterocycles. The Kier molecular flexibility index (Phi) is 2.91. The van der Waals surface area contributed by atoms with E-state index < -0.39 is 0 Å². The molecule has 1 N–H and O–H groups in total. The second-order valence-electron chi connectivity index (χ2n) is 4.50. The highest BCUT2D eigenvalue weighted by atomic mass is 15.1. The molecule has 0 atom stereocenters. The van der Waals surface area contributed by atoms with Crippen LogP contribution in [0.3, 0.4) is 0 Å². The summed E-state index contributed by atoms with van der Waals surface area (Å²) in [6, 6.07) is 0.749. The summed E-state index contributed by atoms with van der Waals surface area (Å²) in [4.78, 5) is 4.35. The molecule has 0 saturated heterocycles. The van der Waals surface area contributed by atoms with Gasteiger partial charge in [0.2, 0.25) is 0 Å². The van der Waals surface area contributed by atoms with Crippen LogP contribution in [0.4, 0.5) is 0 Å². The Morgan fingerprint density at radius 3 is 3.00 bits per heavy atom. The van der Waals surface area contributed by atoms with Crippen molar-refractivity contribution < 1.29 is 0 Å². The van der Waals surface area contributed by atoms with E-state index in [0.29, 0.717) is 0 Å². The first-order chi connectivity index (χ1) is 7.16. The first-order valence-electron chi connectivity index (χ1n) is 5.55. The van der Waals surface area contributed by atoms with E-state index in [9.17, 15) is 0 Å². The minimum Gasteiger partial charge on any atom is -0.327 e. The topological polar surface area (TPSA) is 29.9 Å². The summed E-state index contributed by atoms with van der Waals surface area (Å²) >= 11 is 0. The van der Waals surface area contributed by atoms with Crippen LogP contribution < -0.4 is 5.32 Å². The van der Waals surface area contributed by atoms with E-state index in [1.807, 2.05) is 13.1 Å². The third-order valence-corrected chi connectivity index (χ3v) is 2.71. The first-order valence-corrected chi connectivity index (χ1v) is 5.55. The maximum Gasteiger partial charge on any atom is 0.106 e. The molecule has 0 aliphatic heterocycles. The molecule has 0 radical (unpaired) electrons. The number of nitrogens with one attached hydrogen (secondary N) is 1. The lowest BCUT2D eigenvalue weighted by Gasteiger charge is -2.10. The second-order valence-corrected chi connectivity index (χ2v) is 4.50. The van der Waals surface area contributed by atoms with Crippen molar-refractivity contribution in [2.75, 3.05) is 0 Å². The number of hydrogen-bond acceptors (Lipinski definition) is 2. The van der Waals surface area contributed by atoms with Gasteiger partial charge in [-0.15, -0.1) is 0 Å². The Hall–Kier alpha value is -1.09. The third-order valence-electron chi connectivity index (χ3n) is 2.71. The van der Waals surface area contributed by atoms with Crippen LogP contribution in [0, 0.1) is 6.92 Å². The fraction of sp³-hybridized carbons (Fsp3) is 0.583. The molecular formula is C12H19N3. The van der Waals surface area contributed by atoms with Gasteiger partial charge < -0.3 is 9.88 Å². The van der Waals surface area contributed by atoms with Crippen molar-refractivity contribution in [3.8, 4) is 0 Å². The molecule has 0 bridgehead atoms. The van der Waals surface area contributed by atoms with Gasteiger partial charge in [-0.3, -0.25) is 0 Å². The third kappa shape index (κ3) is 2.69. The van der Waals surface area contributed by atoms with E-state index in [-0.39, 0.29) is 0 Å². The van der Waals surface area contributed by atoms with Crippen molar-refractivity contribution in [1.82, 2.24) is 14.9 Å².